The quantitative estimate of drug-likeness (QED) is 0.811. The minimum atomic E-state index is -0.484. The summed E-state index contributed by atoms with van der Waals surface area (Å²) in [5, 5.41) is 2.85. The van der Waals surface area contributed by atoms with E-state index in [9.17, 15) is 4.79 Å². The average molecular weight is 308 g/mol. The van der Waals surface area contributed by atoms with E-state index in [0.717, 1.165) is 12.8 Å². The van der Waals surface area contributed by atoms with Crippen LogP contribution in [0.15, 0.2) is 18.2 Å². The molecule has 1 aromatic carbocycles. The first kappa shape index (κ1) is 15.6. The van der Waals surface area contributed by atoms with E-state index < -0.39 is 6.10 Å². The molecule has 1 aliphatic heterocycles. The van der Waals surface area contributed by atoms with Gasteiger partial charge in [0.05, 0.1) is 6.61 Å². The van der Waals surface area contributed by atoms with Crippen molar-refractivity contribution in [2.75, 3.05) is 13.2 Å². The highest BCUT2D eigenvalue weighted by molar-refractivity contribution is 7.80. The van der Waals surface area contributed by atoms with Crippen molar-refractivity contribution in [2.45, 2.75) is 32.3 Å². The minimum Gasteiger partial charge on any atom is -0.490 e. The summed E-state index contributed by atoms with van der Waals surface area (Å²) < 4.78 is 11.4. The normalized spacial score (nSPS) is 18.5. The molecule has 1 atom stereocenters. The molecular formula is C15H20N2O3S. The summed E-state index contributed by atoms with van der Waals surface area (Å²) in [6.45, 7) is 3.08. The van der Waals surface area contributed by atoms with E-state index in [1.54, 1.807) is 18.2 Å². The fraction of sp³-hybridized carbons (Fsp3) is 0.467. The van der Waals surface area contributed by atoms with E-state index in [4.69, 9.17) is 27.4 Å². The van der Waals surface area contributed by atoms with E-state index in [1.165, 1.54) is 0 Å². The molecule has 0 aromatic heterocycles. The first-order chi connectivity index (χ1) is 10.1. The van der Waals surface area contributed by atoms with Crippen molar-refractivity contribution >= 4 is 23.1 Å². The maximum absolute atomic E-state index is 11.9. The Labute approximate surface area is 129 Å². The van der Waals surface area contributed by atoms with Gasteiger partial charge in [-0.3, -0.25) is 4.79 Å². The van der Waals surface area contributed by atoms with Crippen LogP contribution in [0.4, 0.5) is 0 Å². The van der Waals surface area contributed by atoms with Gasteiger partial charge in [0.1, 0.15) is 4.99 Å². The first-order valence-corrected chi connectivity index (χ1v) is 7.53. The molecule has 1 aliphatic rings. The molecule has 0 saturated carbocycles. The Morgan fingerprint density at radius 1 is 1.43 bits per heavy atom. The van der Waals surface area contributed by atoms with Crippen molar-refractivity contribution in [1.82, 2.24) is 5.32 Å². The van der Waals surface area contributed by atoms with Crippen LogP contribution in [0.2, 0.25) is 0 Å². The number of benzene rings is 1. The summed E-state index contributed by atoms with van der Waals surface area (Å²) in [5.74, 6) is 1.02. The van der Waals surface area contributed by atoms with Gasteiger partial charge in [0.15, 0.2) is 17.6 Å². The third kappa shape index (κ3) is 4.07. The molecule has 1 heterocycles. The van der Waals surface area contributed by atoms with Gasteiger partial charge in [-0.05, 0) is 44.4 Å². The van der Waals surface area contributed by atoms with Crippen molar-refractivity contribution in [1.29, 1.82) is 0 Å². The lowest BCUT2D eigenvalue weighted by Crippen LogP contribution is -2.36. The van der Waals surface area contributed by atoms with Crippen LogP contribution in [0, 0.1) is 0 Å². The van der Waals surface area contributed by atoms with Crippen LogP contribution in [0.5, 0.6) is 11.5 Å². The molecule has 0 radical (unpaired) electrons. The van der Waals surface area contributed by atoms with Gasteiger partial charge < -0.3 is 20.5 Å². The molecule has 6 heteroatoms. The fourth-order valence-electron chi connectivity index (χ4n) is 2.20. The molecule has 3 N–H and O–H groups in total. The second kappa shape index (κ2) is 7.26. The molecule has 21 heavy (non-hydrogen) atoms. The lowest BCUT2D eigenvalue weighted by molar-refractivity contribution is -0.127. The van der Waals surface area contributed by atoms with Crippen LogP contribution in [0.1, 0.15) is 31.7 Å². The molecule has 5 nitrogen and oxygen atoms in total. The largest absolute Gasteiger partial charge is 0.490 e. The Kier molecular flexibility index (Phi) is 5.38. The number of amides is 1. The zero-order valence-corrected chi connectivity index (χ0v) is 12.9. The number of ether oxygens (including phenoxy) is 2. The zero-order chi connectivity index (χ0) is 15.2. The molecular weight excluding hydrogens is 288 g/mol. The van der Waals surface area contributed by atoms with E-state index in [-0.39, 0.29) is 5.91 Å². The minimum absolute atomic E-state index is 0.0756. The maximum atomic E-state index is 11.9. The molecule has 0 spiro atoms. The van der Waals surface area contributed by atoms with Gasteiger partial charge >= 0.3 is 0 Å². The molecule has 0 bridgehead atoms. The maximum Gasteiger partial charge on any atom is 0.261 e. The SMILES string of the molecule is CCOc1cc(C(N)=S)ccc1OC1CCCCNC1=O. The van der Waals surface area contributed by atoms with Crippen LogP contribution in [0.25, 0.3) is 0 Å². The Hall–Kier alpha value is -1.82. The number of hydrogen-bond donors (Lipinski definition) is 2. The van der Waals surface area contributed by atoms with E-state index in [2.05, 4.69) is 5.32 Å². The van der Waals surface area contributed by atoms with Crippen molar-refractivity contribution in [2.24, 2.45) is 5.73 Å². The number of thiocarbonyl (C=S) groups is 1. The van der Waals surface area contributed by atoms with Gasteiger partial charge in [0.25, 0.3) is 5.91 Å². The molecule has 114 valence electrons. The first-order valence-electron chi connectivity index (χ1n) is 7.13. The number of carbonyl (C=O) groups is 1. The lowest BCUT2D eigenvalue weighted by Gasteiger charge is -2.18. The number of carbonyl (C=O) groups excluding carboxylic acids is 1. The van der Waals surface area contributed by atoms with Crippen LogP contribution in [0.3, 0.4) is 0 Å². The van der Waals surface area contributed by atoms with Crippen LogP contribution in [-0.4, -0.2) is 30.2 Å². The number of rotatable bonds is 5. The summed E-state index contributed by atoms with van der Waals surface area (Å²) in [6, 6.07) is 5.27. The standard InChI is InChI=1S/C15H20N2O3S/c1-2-19-13-9-10(14(16)21)6-7-11(13)20-12-5-3-4-8-17-15(12)18/h6-7,9,12H,2-5,8H2,1H3,(H2,16,21)(H,17,18). The Balaban J connectivity index is 2.21. The highest BCUT2D eigenvalue weighted by atomic mass is 32.1. The molecule has 2 rings (SSSR count). The Morgan fingerprint density at radius 2 is 2.24 bits per heavy atom. The predicted octanol–water partition coefficient (Wildman–Crippen LogP) is 1.77. The molecule has 1 fully saturated rings. The lowest BCUT2D eigenvalue weighted by atomic mass is 10.1. The van der Waals surface area contributed by atoms with E-state index >= 15 is 0 Å². The van der Waals surface area contributed by atoms with Crippen LogP contribution in [-0.2, 0) is 4.79 Å². The summed E-state index contributed by atoms with van der Waals surface area (Å²) >= 11 is 4.96. The smallest absolute Gasteiger partial charge is 0.261 e. The van der Waals surface area contributed by atoms with Gasteiger partial charge in [-0.2, -0.15) is 0 Å². The van der Waals surface area contributed by atoms with Crippen LogP contribution >= 0.6 is 12.2 Å². The van der Waals surface area contributed by atoms with Gasteiger partial charge in [-0.25, -0.2) is 0 Å². The molecule has 1 amide bonds. The topological polar surface area (TPSA) is 73.6 Å². The summed E-state index contributed by atoms with van der Waals surface area (Å²) in [5.41, 5.74) is 6.34. The van der Waals surface area contributed by atoms with Gasteiger partial charge in [-0.15, -0.1) is 0 Å². The molecule has 1 aromatic rings. The molecule has 1 unspecified atom stereocenters. The predicted molar refractivity (Wildman–Crippen MR) is 84.8 cm³/mol. The summed E-state index contributed by atoms with van der Waals surface area (Å²) in [4.78, 5) is 12.2. The molecule has 1 saturated heterocycles. The highest BCUT2D eigenvalue weighted by Gasteiger charge is 2.23. The van der Waals surface area contributed by atoms with Crippen molar-refractivity contribution < 1.29 is 14.3 Å². The van der Waals surface area contributed by atoms with E-state index in [0.29, 0.717) is 41.6 Å². The average Bonchev–Trinajstić information content (AvgIpc) is 2.66. The van der Waals surface area contributed by atoms with Crippen molar-refractivity contribution in [3.63, 3.8) is 0 Å². The number of nitrogens with one attached hydrogen (secondary N) is 1. The van der Waals surface area contributed by atoms with Crippen LogP contribution < -0.4 is 20.5 Å². The summed E-state index contributed by atoms with van der Waals surface area (Å²) in [7, 11) is 0. The number of hydrogen-bond acceptors (Lipinski definition) is 4. The third-order valence-corrected chi connectivity index (χ3v) is 3.52. The van der Waals surface area contributed by atoms with Gasteiger partial charge in [-0.1, -0.05) is 12.2 Å². The third-order valence-electron chi connectivity index (χ3n) is 3.28. The second-order valence-corrected chi connectivity index (χ2v) is 5.29. The molecule has 0 aliphatic carbocycles. The fourth-order valence-corrected chi connectivity index (χ4v) is 2.33. The van der Waals surface area contributed by atoms with Crippen molar-refractivity contribution in [3.8, 4) is 11.5 Å². The van der Waals surface area contributed by atoms with Gasteiger partial charge in [0, 0.05) is 12.1 Å². The monoisotopic (exact) mass is 308 g/mol. The zero-order valence-electron chi connectivity index (χ0n) is 12.1. The van der Waals surface area contributed by atoms with E-state index in [1.807, 2.05) is 6.92 Å². The second-order valence-electron chi connectivity index (χ2n) is 4.85. The number of nitrogens with two attached hydrogens (primary N) is 1. The van der Waals surface area contributed by atoms with Crippen molar-refractivity contribution in [3.05, 3.63) is 23.8 Å². The Morgan fingerprint density at radius 3 is 2.95 bits per heavy atom. The Bertz CT molecular complexity index is 534. The highest BCUT2D eigenvalue weighted by Crippen LogP contribution is 2.30. The summed E-state index contributed by atoms with van der Waals surface area (Å²) in [6.07, 6.45) is 2.15. The van der Waals surface area contributed by atoms with Gasteiger partial charge in [0.2, 0.25) is 0 Å².